The summed E-state index contributed by atoms with van der Waals surface area (Å²) in [7, 11) is 0. The van der Waals surface area contributed by atoms with Gasteiger partial charge in [-0.05, 0) is 59.1 Å². The van der Waals surface area contributed by atoms with Crippen molar-refractivity contribution in [2.24, 2.45) is 22.7 Å². The molecule has 2 saturated carbocycles. The highest BCUT2D eigenvalue weighted by Gasteiger charge is 2.51. The van der Waals surface area contributed by atoms with Crippen molar-refractivity contribution in [3.63, 3.8) is 0 Å². The Hall–Kier alpha value is -2.66. The van der Waals surface area contributed by atoms with Gasteiger partial charge in [-0.15, -0.1) is 0 Å². The fourth-order valence-corrected chi connectivity index (χ4v) is 3.98. The summed E-state index contributed by atoms with van der Waals surface area (Å²) in [5.41, 5.74) is 3.16. The van der Waals surface area contributed by atoms with E-state index in [9.17, 15) is 14.7 Å². The fraction of sp³-hybridized carbons (Fsp3) is 0.440. The van der Waals surface area contributed by atoms with Crippen molar-refractivity contribution in [1.82, 2.24) is 0 Å². The highest BCUT2D eigenvalue weighted by Crippen LogP contribution is 2.52. The first-order chi connectivity index (χ1) is 14.1. The number of anilines is 2. The highest BCUT2D eigenvalue weighted by molar-refractivity contribution is 5.95. The Labute approximate surface area is 177 Å². The molecule has 5 heteroatoms. The average molecular weight is 407 g/mol. The smallest absolute Gasteiger partial charge is 0.228 e. The molecule has 0 heterocycles. The van der Waals surface area contributed by atoms with Gasteiger partial charge in [0.05, 0.1) is 0 Å². The summed E-state index contributed by atoms with van der Waals surface area (Å²) in [6, 6.07) is 14.6. The Kier molecular flexibility index (Phi) is 4.97. The molecule has 158 valence electrons. The summed E-state index contributed by atoms with van der Waals surface area (Å²) < 4.78 is 0. The number of aliphatic hydroxyl groups is 1. The zero-order valence-electron chi connectivity index (χ0n) is 18.0. The Bertz CT molecular complexity index is 881. The molecule has 2 aromatic rings. The summed E-state index contributed by atoms with van der Waals surface area (Å²) in [4.78, 5) is 24.5. The molecule has 4 rings (SSSR count). The van der Waals surface area contributed by atoms with Crippen LogP contribution in [-0.2, 0) is 9.59 Å². The Balaban J connectivity index is 1.35. The number of carbonyl (C=O) groups excluding carboxylic acids is 2. The van der Waals surface area contributed by atoms with E-state index < -0.39 is 6.10 Å². The van der Waals surface area contributed by atoms with Gasteiger partial charge in [0.25, 0.3) is 0 Å². The Morgan fingerprint density at radius 1 is 0.767 bits per heavy atom. The third-order valence-electron chi connectivity index (χ3n) is 6.65. The minimum atomic E-state index is -0.774. The minimum Gasteiger partial charge on any atom is -0.384 e. The first kappa shape index (κ1) is 20.6. The summed E-state index contributed by atoms with van der Waals surface area (Å²) >= 11 is 0. The molecule has 0 spiro atoms. The molecule has 2 atom stereocenters. The molecule has 0 unspecified atom stereocenters. The number of rotatable bonds is 6. The number of aliphatic hydroxyl groups excluding tert-OH is 1. The maximum absolute atomic E-state index is 12.2. The third-order valence-corrected chi connectivity index (χ3v) is 6.65. The van der Waals surface area contributed by atoms with Gasteiger partial charge < -0.3 is 15.7 Å². The number of hydrogen-bond acceptors (Lipinski definition) is 3. The van der Waals surface area contributed by atoms with Gasteiger partial charge >= 0.3 is 0 Å². The zero-order chi connectivity index (χ0) is 21.7. The van der Waals surface area contributed by atoms with E-state index in [1.165, 1.54) is 0 Å². The van der Waals surface area contributed by atoms with Crippen molar-refractivity contribution in [2.75, 3.05) is 10.6 Å². The molecule has 5 nitrogen and oxygen atoms in total. The van der Waals surface area contributed by atoms with Gasteiger partial charge in [-0.1, -0.05) is 52.0 Å². The monoisotopic (exact) mass is 406 g/mol. The van der Waals surface area contributed by atoms with Crippen molar-refractivity contribution in [1.29, 1.82) is 0 Å². The molecule has 0 radical (unpaired) electrons. The van der Waals surface area contributed by atoms with E-state index in [2.05, 4.69) is 38.3 Å². The van der Waals surface area contributed by atoms with Gasteiger partial charge in [0.15, 0.2) is 0 Å². The molecule has 2 fully saturated rings. The van der Waals surface area contributed by atoms with E-state index in [0.717, 1.165) is 35.3 Å². The number of carbonyl (C=O) groups is 2. The van der Waals surface area contributed by atoms with E-state index in [1.54, 1.807) is 0 Å². The van der Waals surface area contributed by atoms with Crippen molar-refractivity contribution < 1.29 is 14.7 Å². The Morgan fingerprint density at radius 2 is 1.07 bits per heavy atom. The predicted molar refractivity (Wildman–Crippen MR) is 118 cm³/mol. The molecule has 0 bridgehead atoms. The van der Waals surface area contributed by atoms with Gasteiger partial charge in [0.1, 0.15) is 6.10 Å². The lowest BCUT2D eigenvalue weighted by Gasteiger charge is -2.14. The van der Waals surface area contributed by atoms with E-state index >= 15 is 0 Å². The lowest BCUT2D eigenvalue weighted by molar-refractivity contribution is -0.118. The van der Waals surface area contributed by atoms with Gasteiger partial charge in [-0.3, -0.25) is 9.59 Å². The molecule has 2 aliphatic rings. The van der Waals surface area contributed by atoms with Crippen LogP contribution in [0, 0.1) is 22.7 Å². The van der Waals surface area contributed by atoms with E-state index in [1.807, 2.05) is 48.5 Å². The van der Waals surface area contributed by atoms with Crippen molar-refractivity contribution >= 4 is 23.2 Å². The SMILES string of the molecule is CC1(C)C[C@H]1C(=O)Nc1ccc(C(O)c2ccc(NC(=O)[C@@H]3CC3(C)C)cc2)cc1. The van der Waals surface area contributed by atoms with Crippen LogP contribution in [0.3, 0.4) is 0 Å². The second-order valence-corrected chi connectivity index (χ2v) is 10.1. The van der Waals surface area contributed by atoms with Crippen molar-refractivity contribution in [3.05, 3.63) is 59.7 Å². The van der Waals surface area contributed by atoms with E-state index in [4.69, 9.17) is 0 Å². The lowest BCUT2D eigenvalue weighted by atomic mass is 10.0. The molecule has 0 saturated heterocycles. The summed E-state index contributed by atoms with van der Waals surface area (Å²) in [6.07, 6.45) is 1.07. The van der Waals surface area contributed by atoms with Crippen LogP contribution in [0.15, 0.2) is 48.5 Å². The molecule has 0 aliphatic heterocycles. The molecule has 30 heavy (non-hydrogen) atoms. The number of amides is 2. The van der Waals surface area contributed by atoms with Gasteiger partial charge in [0.2, 0.25) is 11.8 Å². The zero-order valence-corrected chi connectivity index (χ0v) is 18.0. The summed E-state index contributed by atoms with van der Waals surface area (Å²) in [6.45, 7) is 8.39. The summed E-state index contributed by atoms with van der Waals surface area (Å²) in [5.74, 6) is 0.265. The second kappa shape index (κ2) is 7.24. The molecule has 2 aliphatic carbocycles. The molecule has 2 amide bonds. The molecule has 3 N–H and O–H groups in total. The minimum absolute atomic E-state index is 0.0560. The fourth-order valence-electron chi connectivity index (χ4n) is 3.98. The van der Waals surface area contributed by atoms with Crippen molar-refractivity contribution in [3.8, 4) is 0 Å². The van der Waals surface area contributed by atoms with Crippen LogP contribution in [-0.4, -0.2) is 16.9 Å². The molecular formula is C25H30N2O3. The number of hydrogen-bond donors (Lipinski definition) is 3. The average Bonchev–Trinajstić information content (AvgIpc) is 3.55. The van der Waals surface area contributed by atoms with Crippen LogP contribution in [0.4, 0.5) is 11.4 Å². The first-order valence-corrected chi connectivity index (χ1v) is 10.6. The summed E-state index contributed by atoms with van der Waals surface area (Å²) in [5, 5.41) is 16.6. The third kappa shape index (κ3) is 4.26. The maximum atomic E-state index is 12.2. The topological polar surface area (TPSA) is 78.4 Å². The van der Waals surface area contributed by atoms with Crippen molar-refractivity contribution in [2.45, 2.75) is 46.6 Å². The standard InChI is InChI=1S/C25H30N2O3/c1-24(2)13-19(24)22(29)26-17-9-5-15(6-10-17)21(28)16-7-11-18(12-8-16)27-23(30)20-14-25(20,3)4/h5-12,19-21,28H,13-14H2,1-4H3,(H,26,29)(H,27,30)/t19-,20-/m0/s1. The van der Waals surface area contributed by atoms with Gasteiger partial charge in [-0.2, -0.15) is 0 Å². The van der Waals surface area contributed by atoms with Crippen LogP contribution in [0.2, 0.25) is 0 Å². The largest absolute Gasteiger partial charge is 0.384 e. The second-order valence-electron chi connectivity index (χ2n) is 10.1. The molecular weight excluding hydrogens is 376 g/mol. The normalized spacial score (nSPS) is 23.0. The van der Waals surface area contributed by atoms with Crippen LogP contribution in [0.5, 0.6) is 0 Å². The van der Waals surface area contributed by atoms with E-state index in [0.29, 0.717) is 0 Å². The molecule has 0 aromatic heterocycles. The van der Waals surface area contributed by atoms with Gasteiger partial charge in [-0.25, -0.2) is 0 Å². The van der Waals surface area contributed by atoms with Crippen LogP contribution in [0.1, 0.15) is 57.8 Å². The number of benzene rings is 2. The van der Waals surface area contributed by atoms with Gasteiger partial charge in [0, 0.05) is 23.2 Å². The quantitative estimate of drug-likeness (QED) is 0.648. The van der Waals surface area contributed by atoms with E-state index in [-0.39, 0.29) is 34.5 Å². The van der Waals surface area contributed by atoms with Crippen LogP contribution in [0.25, 0.3) is 0 Å². The molecule has 2 aromatic carbocycles. The number of nitrogens with one attached hydrogen (secondary N) is 2. The Morgan fingerprint density at radius 3 is 1.33 bits per heavy atom. The first-order valence-electron chi connectivity index (χ1n) is 10.6. The lowest BCUT2D eigenvalue weighted by Crippen LogP contribution is -2.16. The highest BCUT2D eigenvalue weighted by atomic mass is 16.3. The predicted octanol–water partition coefficient (Wildman–Crippen LogP) is 4.74. The van der Waals surface area contributed by atoms with Crippen LogP contribution >= 0.6 is 0 Å². The maximum Gasteiger partial charge on any atom is 0.228 e. The van der Waals surface area contributed by atoms with Crippen LogP contribution < -0.4 is 10.6 Å².